The summed E-state index contributed by atoms with van der Waals surface area (Å²) >= 11 is 3.22. The number of halogens is 3. The van der Waals surface area contributed by atoms with Gasteiger partial charge < -0.3 is 10.0 Å². The lowest BCUT2D eigenvalue weighted by Gasteiger charge is -2.21. The van der Waals surface area contributed by atoms with E-state index in [1.807, 2.05) is 0 Å². The Hall–Kier alpha value is -0.230. The standard InChI is InChI=1S/C9H16BrF2NO2/c10-4-2-1-3-9(15)13(5-6-14)7-8(11)12/h8,14H,1-7H2. The molecule has 0 saturated heterocycles. The molecule has 90 valence electrons. The van der Waals surface area contributed by atoms with Crippen LogP contribution in [-0.4, -0.2) is 47.4 Å². The van der Waals surface area contributed by atoms with Gasteiger partial charge in [0.05, 0.1) is 13.2 Å². The van der Waals surface area contributed by atoms with Crippen LogP contribution in [0.15, 0.2) is 0 Å². The molecule has 0 aromatic carbocycles. The van der Waals surface area contributed by atoms with Crippen molar-refractivity contribution in [2.75, 3.05) is 25.0 Å². The number of alkyl halides is 3. The summed E-state index contributed by atoms with van der Waals surface area (Å²) in [5.74, 6) is -0.315. The summed E-state index contributed by atoms with van der Waals surface area (Å²) in [5, 5.41) is 9.42. The molecule has 0 fully saturated rings. The second-order valence-electron chi connectivity index (χ2n) is 3.10. The molecule has 0 heterocycles. The van der Waals surface area contributed by atoms with Gasteiger partial charge in [-0.2, -0.15) is 0 Å². The van der Waals surface area contributed by atoms with Gasteiger partial charge in [-0.15, -0.1) is 0 Å². The van der Waals surface area contributed by atoms with E-state index >= 15 is 0 Å². The zero-order chi connectivity index (χ0) is 11.7. The molecular formula is C9H16BrF2NO2. The molecule has 0 atom stereocenters. The zero-order valence-corrected chi connectivity index (χ0v) is 10.0. The van der Waals surface area contributed by atoms with Crippen molar-refractivity contribution in [3.8, 4) is 0 Å². The molecular weight excluding hydrogens is 272 g/mol. The number of hydrogen-bond acceptors (Lipinski definition) is 2. The Morgan fingerprint density at radius 1 is 1.40 bits per heavy atom. The fourth-order valence-electron chi connectivity index (χ4n) is 1.13. The summed E-state index contributed by atoms with van der Waals surface area (Å²) in [6, 6.07) is 0. The van der Waals surface area contributed by atoms with Gasteiger partial charge in [-0.05, 0) is 12.8 Å². The van der Waals surface area contributed by atoms with Crippen molar-refractivity contribution < 1.29 is 18.7 Å². The Labute approximate surface area is 96.6 Å². The molecule has 0 aromatic heterocycles. The molecule has 0 aliphatic carbocycles. The number of hydrogen-bond donors (Lipinski definition) is 1. The average molecular weight is 288 g/mol. The highest BCUT2D eigenvalue weighted by Gasteiger charge is 2.16. The van der Waals surface area contributed by atoms with Crippen molar-refractivity contribution in [2.45, 2.75) is 25.7 Å². The van der Waals surface area contributed by atoms with Gasteiger partial charge in [0.1, 0.15) is 0 Å². The van der Waals surface area contributed by atoms with Crippen LogP contribution in [0, 0.1) is 0 Å². The van der Waals surface area contributed by atoms with E-state index in [1.165, 1.54) is 0 Å². The van der Waals surface area contributed by atoms with Crippen LogP contribution in [0.2, 0.25) is 0 Å². The minimum absolute atomic E-state index is 0.0164. The van der Waals surface area contributed by atoms with Crippen molar-refractivity contribution in [1.82, 2.24) is 4.90 Å². The highest BCUT2D eigenvalue weighted by molar-refractivity contribution is 9.09. The van der Waals surface area contributed by atoms with Crippen LogP contribution < -0.4 is 0 Å². The first-order chi connectivity index (χ1) is 7.11. The SMILES string of the molecule is O=C(CCCCBr)N(CCO)CC(F)F. The Balaban J connectivity index is 3.92. The van der Waals surface area contributed by atoms with Gasteiger partial charge in [-0.3, -0.25) is 4.79 Å². The molecule has 0 bridgehead atoms. The minimum atomic E-state index is -2.54. The molecule has 0 saturated carbocycles. The lowest BCUT2D eigenvalue weighted by atomic mass is 10.2. The predicted molar refractivity (Wildman–Crippen MR) is 57.3 cm³/mol. The zero-order valence-electron chi connectivity index (χ0n) is 8.46. The van der Waals surface area contributed by atoms with Crippen molar-refractivity contribution >= 4 is 21.8 Å². The van der Waals surface area contributed by atoms with Crippen LogP contribution in [0.5, 0.6) is 0 Å². The number of unbranched alkanes of at least 4 members (excludes halogenated alkanes) is 1. The molecule has 0 unspecified atom stereocenters. The van der Waals surface area contributed by atoms with E-state index in [-0.39, 0.29) is 25.5 Å². The molecule has 1 N–H and O–H groups in total. The predicted octanol–water partition coefficient (Wildman–Crippen LogP) is 1.64. The summed E-state index contributed by atoms with van der Waals surface area (Å²) in [4.78, 5) is 12.4. The van der Waals surface area contributed by atoms with Crippen molar-refractivity contribution in [1.29, 1.82) is 0 Å². The van der Waals surface area contributed by atoms with Crippen molar-refractivity contribution in [2.24, 2.45) is 0 Å². The number of aliphatic hydroxyl groups is 1. The van der Waals surface area contributed by atoms with Gasteiger partial charge in [0.2, 0.25) is 5.91 Å². The number of carbonyl (C=O) groups excluding carboxylic acids is 1. The molecule has 0 rings (SSSR count). The maximum absolute atomic E-state index is 12.1. The Bertz CT molecular complexity index is 181. The minimum Gasteiger partial charge on any atom is -0.395 e. The number of carbonyl (C=O) groups is 1. The van der Waals surface area contributed by atoms with E-state index in [0.29, 0.717) is 6.42 Å². The van der Waals surface area contributed by atoms with Crippen LogP contribution in [0.25, 0.3) is 0 Å². The Kier molecular flexibility index (Phi) is 8.89. The van der Waals surface area contributed by atoms with E-state index < -0.39 is 13.0 Å². The summed E-state index contributed by atoms with van der Waals surface area (Å²) in [5.41, 5.74) is 0. The smallest absolute Gasteiger partial charge is 0.255 e. The fraction of sp³-hybridized carbons (Fsp3) is 0.889. The fourth-order valence-corrected chi connectivity index (χ4v) is 1.53. The lowest BCUT2D eigenvalue weighted by molar-refractivity contribution is -0.133. The highest BCUT2D eigenvalue weighted by atomic mass is 79.9. The second-order valence-corrected chi connectivity index (χ2v) is 3.89. The maximum atomic E-state index is 12.1. The van der Waals surface area contributed by atoms with Crippen molar-refractivity contribution in [3.63, 3.8) is 0 Å². The first kappa shape index (κ1) is 14.8. The van der Waals surface area contributed by atoms with Gasteiger partial charge >= 0.3 is 0 Å². The van der Waals surface area contributed by atoms with Gasteiger partial charge in [0.15, 0.2) is 0 Å². The Morgan fingerprint density at radius 3 is 2.53 bits per heavy atom. The number of aliphatic hydroxyl groups excluding tert-OH is 1. The maximum Gasteiger partial charge on any atom is 0.255 e. The van der Waals surface area contributed by atoms with E-state index in [4.69, 9.17) is 5.11 Å². The van der Waals surface area contributed by atoms with Gasteiger partial charge in [-0.25, -0.2) is 8.78 Å². The van der Waals surface area contributed by atoms with Crippen LogP contribution in [0.1, 0.15) is 19.3 Å². The van der Waals surface area contributed by atoms with Crippen LogP contribution in [0.4, 0.5) is 8.78 Å². The first-order valence-electron chi connectivity index (χ1n) is 4.84. The number of nitrogens with zero attached hydrogens (tertiary/aromatic N) is 1. The van der Waals surface area contributed by atoms with E-state index in [1.54, 1.807) is 0 Å². The molecule has 15 heavy (non-hydrogen) atoms. The van der Waals surface area contributed by atoms with E-state index in [2.05, 4.69) is 15.9 Å². The monoisotopic (exact) mass is 287 g/mol. The van der Waals surface area contributed by atoms with E-state index in [0.717, 1.165) is 16.7 Å². The van der Waals surface area contributed by atoms with Crippen LogP contribution in [-0.2, 0) is 4.79 Å². The topological polar surface area (TPSA) is 40.5 Å². The summed E-state index contributed by atoms with van der Waals surface area (Å²) in [6.07, 6.45) is -0.766. The van der Waals surface area contributed by atoms with E-state index in [9.17, 15) is 13.6 Å². The normalized spacial score (nSPS) is 10.7. The molecule has 3 nitrogen and oxygen atoms in total. The molecule has 0 aromatic rings. The molecule has 6 heteroatoms. The number of rotatable bonds is 8. The van der Waals surface area contributed by atoms with Crippen LogP contribution >= 0.6 is 15.9 Å². The summed E-state index contributed by atoms with van der Waals surface area (Å²) < 4.78 is 24.1. The molecule has 0 aliphatic rings. The molecule has 0 aliphatic heterocycles. The lowest BCUT2D eigenvalue weighted by Crippen LogP contribution is -2.37. The largest absolute Gasteiger partial charge is 0.395 e. The van der Waals surface area contributed by atoms with Gasteiger partial charge in [0, 0.05) is 18.3 Å². The number of amides is 1. The molecule has 0 spiro atoms. The molecule has 0 radical (unpaired) electrons. The Morgan fingerprint density at radius 2 is 2.07 bits per heavy atom. The highest BCUT2D eigenvalue weighted by Crippen LogP contribution is 2.05. The first-order valence-corrected chi connectivity index (χ1v) is 5.96. The summed E-state index contributed by atoms with van der Waals surface area (Å²) in [6.45, 7) is -0.887. The second kappa shape index (κ2) is 9.03. The third-order valence-electron chi connectivity index (χ3n) is 1.86. The third-order valence-corrected chi connectivity index (χ3v) is 2.42. The van der Waals surface area contributed by atoms with Gasteiger partial charge in [-0.1, -0.05) is 15.9 Å². The summed E-state index contributed by atoms with van der Waals surface area (Å²) in [7, 11) is 0. The third kappa shape index (κ3) is 7.67. The average Bonchev–Trinajstić information content (AvgIpc) is 2.17. The van der Waals surface area contributed by atoms with Gasteiger partial charge in [0.25, 0.3) is 6.43 Å². The quantitative estimate of drug-likeness (QED) is 0.545. The molecule has 1 amide bonds. The van der Waals surface area contributed by atoms with Crippen molar-refractivity contribution in [3.05, 3.63) is 0 Å². The van der Waals surface area contributed by atoms with Crippen LogP contribution in [0.3, 0.4) is 0 Å².